The zero-order valence-corrected chi connectivity index (χ0v) is 15.6. The van der Waals surface area contributed by atoms with Gasteiger partial charge >= 0.3 is 5.97 Å². The van der Waals surface area contributed by atoms with Gasteiger partial charge in [-0.3, -0.25) is 0 Å². The number of para-hydroxylation sites is 2. The summed E-state index contributed by atoms with van der Waals surface area (Å²) in [7, 11) is 1.34. The number of carbonyl (C=O) groups excluding carboxylic acids is 1. The van der Waals surface area contributed by atoms with E-state index in [0.29, 0.717) is 16.4 Å². The largest absolute Gasteiger partial charge is 0.464 e. The predicted octanol–water partition coefficient (Wildman–Crippen LogP) is 5.37. The molecule has 5 nitrogen and oxygen atoms in total. The van der Waals surface area contributed by atoms with Crippen molar-refractivity contribution in [1.29, 1.82) is 0 Å². The highest BCUT2D eigenvalue weighted by atomic mass is 35.5. The molecule has 28 heavy (non-hydrogen) atoms. The van der Waals surface area contributed by atoms with Crippen LogP contribution in [0.5, 0.6) is 0 Å². The van der Waals surface area contributed by atoms with E-state index >= 15 is 0 Å². The van der Waals surface area contributed by atoms with Gasteiger partial charge in [0, 0.05) is 21.7 Å². The molecule has 3 aromatic heterocycles. The van der Waals surface area contributed by atoms with E-state index in [4.69, 9.17) is 21.3 Å². The molecular formula is C22H14ClN3O2. The fourth-order valence-corrected chi connectivity index (χ4v) is 3.76. The molecule has 0 aliphatic carbocycles. The Balaban J connectivity index is 1.89. The molecule has 0 amide bonds. The maximum atomic E-state index is 12.2. The van der Waals surface area contributed by atoms with E-state index in [2.05, 4.69) is 9.97 Å². The average Bonchev–Trinajstić information content (AvgIpc) is 3.11. The number of H-pyrrole nitrogens is 1. The Kier molecular flexibility index (Phi) is 3.77. The van der Waals surface area contributed by atoms with Crippen LogP contribution in [0.1, 0.15) is 10.5 Å². The van der Waals surface area contributed by atoms with E-state index in [0.717, 1.165) is 32.7 Å². The maximum Gasteiger partial charge on any atom is 0.356 e. The minimum Gasteiger partial charge on any atom is -0.464 e. The number of halogens is 1. The van der Waals surface area contributed by atoms with Gasteiger partial charge in [-0.05, 0) is 24.3 Å². The third kappa shape index (κ3) is 2.52. The Morgan fingerprint density at radius 1 is 0.964 bits per heavy atom. The minimum atomic E-state index is -0.500. The van der Waals surface area contributed by atoms with Gasteiger partial charge in [0.2, 0.25) is 0 Å². The minimum absolute atomic E-state index is 0.223. The van der Waals surface area contributed by atoms with Crippen LogP contribution in [0.4, 0.5) is 0 Å². The van der Waals surface area contributed by atoms with Crippen LogP contribution in [0.2, 0.25) is 5.02 Å². The third-order valence-corrected chi connectivity index (χ3v) is 5.11. The van der Waals surface area contributed by atoms with Crippen molar-refractivity contribution in [2.24, 2.45) is 0 Å². The van der Waals surface area contributed by atoms with Crippen molar-refractivity contribution in [2.75, 3.05) is 7.11 Å². The molecule has 0 aliphatic rings. The first-order valence-corrected chi connectivity index (χ1v) is 9.09. The number of benzene rings is 2. The van der Waals surface area contributed by atoms with E-state index in [1.807, 2.05) is 48.5 Å². The van der Waals surface area contributed by atoms with Gasteiger partial charge in [-0.1, -0.05) is 48.0 Å². The molecule has 0 atom stereocenters. The van der Waals surface area contributed by atoms with E-state index < -0.39 is 5.97 Å². The van der Waals surface area contributed by atoms with Crippen LogP contribution in [0.25, 0.3) is 44.1 Å². The van der Waals surface area contributed by atoms with Crippen molar-refractivity contribution in [3.05, 3.63) is 71.4 Å². The summed E-state index contributed by atoms with van der Waals surface area (Å²) >= 11 is 6.50. The molecule has 6 heteroatoms. The predicted molar refractivity (Wildman–Crippen MR) is 111 cm³/mol. The number of esters is 1. The molecule has 1 N–H and O–H groups in total. The number of nitrogens with zero attached hydrogens (tertiary/aromatic N) is 2. The zero-order chi connectivity index (χ0) is 19.3. The summed E-state index contributed by atoms with van der Waals surface area (Å²) in [5, 5.41) is 3.32. The first-order valence-electron chi connectivity index (χ1n) is 8.71. The molecule has 0 saturated carbocycles. The lowest BCUT2D eigenvalue weighted by molar-refractivity contribution is 0.0594. The van der Waals surface area contributed by atoms with Crippen LogP contribution in [0.3, 0.4) is 0 Å². The fraction of sp³-hybridized carbons (Fsp3) is 0.0455. The third-order valence-electron chi connectivity index (χ3n) is 4.80. The van der Waals surface area contributed by atoms with E-state index in [1.54, 1.807) is 12.1 Å². The van der Waals surface area contributed by atoms with Crippen LogP contribution in [0.15, 0.2) is 60.7 Å². The number of pyridine rings is 2. The topological polar surface area (TPSA) is 67.9 Å². The second kappa shape index (κ2) is 6.32. The SMILES string of the molecule is COC(=O)c1cc2c([nH]c3ccccc32)c(-c2cc(Cl)c3ccccc3n2)n1. The Bertz CT molecular complexity index is 1390. The summed E-state index contributed by atoms with van der Waals surface area (Å²) in [5.74, 6) is -0.500. The number of hydrogen-bond acceptors (Lipinski definition) is 4. The average molecular weight is 388 g/mol. The second-order valence-electron chi connectivity index (χ2n) is 6.45. The monoisotopic (exact) mass is 387 g/mol. The second-order valence-corrected chi connectivity index (χ2v) is 6.85. The highest BCUT2D eigenvalue weighted by Gasteiger charge is 2.19. The normalized spacial score (nSPS) is 11.4. The molecule has 0 aliphatic heterocycles. The van der Waals surface area contributed by atoms with Crippen molar-refractivity contribution in [3.63, 3.8) is 0 Å². The lowest BCUT2D eigenvalue weighted by Gasteiger charge is -2.08. The highest BCUT2D eigenvalue weighted by Crippen LogP contribution is 2.34. The number of rotatable bonds is 2. The van der Waals surface area contributed by atoms with Crippen molar-refractivity contribution in [3.8, 4) is 11.4 Å². The molecule has 0 radical (unpaired) electrons. The van der Waals surface area contributed by atoms with Crippen molar-refractivity contribution in [1.82, 2.24) is 15.0 Å². The van der Waals surface area contributed by atoms with Crippen LogP contribution in [0, 0.1) is 0 Å². The smallest absolute Gasteiger partial charge is 0.356 e. The highest BCUT2D eigenvalue weighted by molar-refractivity contribution is 6.35. The lowest BCUT2D eigenvalue weighted by Crippen LogP contribution is -2.05. The summed E-state index contributed by atoms with van der Waals surface area (Å²) in [6.45, 7) is 0. The number of nitrogens with one attached hydrogen (secondary N) is 1. The van der Waals surface area contributed by atoms with Gasteiger partial charge in [-0.25, -0.2) is 14.8 Å². The standard InChI is InChI=1S/C22H14ClN3O2/c1-28-22(27)19-10-14-12-6-2-4-8-16(12)25-20(14)21(26-19)18-11-15(23)13-7-3-5-9-17(13)24-18/h2-11,25H,1H3. The molecule has 5 aromatic rings. The molecule has 0 spiro atoms. The number of methoxy groups -OCH3 is 1. The Morgan fingerprint density at radius 2 is 1.71 bits per heavy atom. The van der Waals surface area contributed by atoms with Gasteiger partial charge in [0.15, 0.2) is 0 Å². The Morgan fingerprint density at radius 3 is 2.54 bits per heavy atom. The van der Waals surface area contributed by atoms with Crippen LogP contribution >= 0.6 is 11.6 Å². The van der Waals surface area contributed by atoms with Crippen molar-refractivity contribution in [2.45, 2.75) is 0 Å². The fourth-order valence-electron chi connectivity index (χ4n) is 3.49. The number of hydrogen-bond donors (Lipinski definition) is 1. The number of aromatic nitrogens is 3. The van der Waals surface area contributed by atoms with E-state index in [9.17, 15) is 4.79 Å². The molecular weight excluding hydrogens is 374 g/mol. The van der Waals surface area contributed by atoms with E-state index in [1.165, 1.54) is 7.11 Å². The van der Waals surface area contributed by atoms with Gasteiger partial charge in [0.1, 0.15) is 11.4 Å². The van der Waals surface area contributed by atoms with Crippen LogP contribution in [-0.4, -0.2) is 28.0 Å². The molecule has 0 unspecified atom stereocenters. The molecule has 3 heterocycles. The first kappa shape index (κ1) is 16.7. The summed E-state index contributed by atoms with van der Waals surface area (Å²) < 4.78 is 4.90. The maximum absolute atomic E-state index is 12.2. The van der Waals surface area contributed by atoms with E-state index in [-0.39, 0.29) is 5.69 Å². The summed E-state index contributed by atoms with van der Waals surface area (Å²) in [6.07, 6.45) is 0. The zero-order valence-electron chi connectivity index (χ0n) is 14.9. The lowest BCUT2D eigenvalue weighted by atomic mass is 10.1. The van der Waals surface area contributed by atoms with Gasteiger partial charge in [0.25, 0.3) is 0 Å². The van der Waals surface area contributed by atoms with Crippen molar-refractivity contribution < 1.29 is 9.53 Å². The van der Waals surface area contributed by atoms with Gasteiger partial charge < -0.3 is 9.72 Å². The summed E-state index contributed by atoms with van der Waals surface area (Å²) in [5.41, 5.74) is 3.88. The van der Waals surface area contributed by atoms with Crippen molar-refractivity contribution >= 4 is 50.3 Å². The molecule has 0 fully saturated rings. The quantitative estimate of drug-likeness (QED) is 0.413. The number of ether oxygens (including phenoxy) is 1. The first-order chi connectivity index (χ1) is 13.7. The van der Waals surface area contributed by atoms with Gasteiger partial charge in [0.05, 0.1) is 28.9 Å². The molecule has 136 valence electrons. The molecule has 5 rings (SSSR count). The van der Waals surface area contributed by atoms with Crippen LogP contribution < -0.4 is 0 Å². The summed E-state index contributed by atoms with van der Waals surface area (Å²) in [6, 6.07) is 19.1. The molecule has 2 aromatic carbocycles. The molecule has 0 bridgehead atoms. The van der Waals surface area contributed by atoms with Crippen LogP contribution in [-0.2, 0) is 4.74 Å². The number of fused-ring (bicyclic) bond motifs is 4. The summed E-state index contributed by atoms with van der Waals surface area (Å²) in [4.78, 5) is 24.9. The Labute approximate surface area is 164 Å². The Hall–Kier alpha value is -3.44. The van der Waals surface area contributed by atoms with Gasteiger partial charge in [-0.2, -0.15) is 0 Å². The molecule has 0 saturated heterocycles. The number of carbonyl (C=O) groups is 1. The van der Waals surface area contributed by atoms with Gasteiger partial charge in [-0.15, -0.1) is 0 Å². The number of aromatic amines is 1.